The average molecular weight is 294 g/mol. The average Bonchev–Trinajstić information content (AvgIpc) is 2.67. The van der Waals surface area contributed by atoms with Crippen LogP contribution in [0.4, 0.5) is 0 Å². The topological polar surface area (TPSA) is 87.1 Å². The second-order valence-electron chi connectivity index (χ2n) is 4.44. The van der Waals surface area contributed by atoms with Crippen LogP contribution >= 0.6 is 10.7 Å². The molecule has 0 saturated carbocycles. The van der Waals surface area contributed by atoms with Crippen molar-refractivity contribution in [1.82, 2.24) is 9.80 Å². The number of amides is 2. The van der Waals surface area contributed by atoms with Crippen molar-refractivity contribution in [3.05, 3.63) is 0 Å². The lowest BCUT2D eigenvalue weighted by atomic mass is 10.1. The summed E-state index contributed by atoms with van der Waals surface area (Å²) in [6, 6.07) is 0. The molecule has 2 amide bonds. The molecular weight excluding hydrogens is 282 g/mol. The molecule has 1 fully saturated rings. The number of carbonyl (C=O) groups excluding carboxylic acids is 2. The molecule has 0 aromatic heterocycles. The maximum Gasteiger partial charge on any atom is 0.268 e. The molecule has 0 aromatic carbocycles. The van der Waals surface area contributed by atoms with Crippen LogP contribution < -0.4 is 0 Å². The highest BCUT2D eigenvalue weighted by Gasteiger charge is 2.38. The smallest absolute Gasteiger partial charge is 0.268 e. The first-order valence-electron chi connectivity index (χ1n) is 5.31. The fourth-order valence-electron chi connectivity index (χ4n) is 2.14. The monoisotopic (exact) mass is 293 g/mol. The second kappa shape index (κ2) is 4.51. The van der Waals surface area contributed by atoms with Crippen LogP contribution in [0.15, 0.2) is 4.99 Å². The number of likely N-dealkylation sites (N-methyl/N-ethyl adjacent to an activating group) is 1. The van der Waals surface area contributed by atoms with Crippen LogP contribution in [0, 0.1) is 5.92 Å². The van der Waals surface area contributed by atoms with Gasteiger partial charge in [-0.05, 0) is 0 Å². The van der Waals surface area contributed by atoms with Crippen molar-refractivity contribution in [2.24, 2.45) is 10.9 Å². The summed E-state index contributed by atoms with van der Waals surface area (Å²) in [6.07, 6.45) is 0.104. The van der Waals surface area contributed by atoms with Crippen molar-refractivity contribution in [2.45, 2.75) is 6.42 Å². The molecule has 2 heterocycles. The molecule has 1 unspecified atom stereocenters. The second-order valence-corrected chi connectivity index (χ2v) is 7.26. The normalized spacial score (nSPS) is 25.0. The van der Waals surface area contributed by atoms with Gasteiger partial charge in [0.25, 0.3) is 5.91 Å². The van der Waals surface area contributed by atoms with Crippen molar-refractivity contribution in [2.75, 3.05) is 25.9 Å². The van der Waals surface area contributed by atoms with Gasteiger partial charge in [-0.3, -0.25) is 14.5 Å². The van der Waals surface area contributed by atoms with Gasteiger partial charge < -0.3 is 4.90 Å². The highest BCUT2D eigenvalue weighted by atomic mass is 35.7. The largest absolute Gasteiger partial charge is 0.336 e. The zero-order valence-corrected chi connectivity index (χ0v) is 11.2. The Kier molecular flexibility index (Phi) is 3.33. The number of likely N-dealkylation sites (tertiary alicyclic amines) is 1. The van der Waals surface area contributed by atoms with Crippen LogP contribution in [-0.2, 0) is 18.6 Å². The summed E-state index contributed by atoms with van der Waals surface area (Å²) in [5.41, 5.74) is 0. The fourth-order valence-corrected chi connectivity index (χ4v) is 3.46. The molecule has 2 rings (SSSR count). The molecule has 0 aromatic rings. The van der Waals surface area contributed by atoms with Crippen molar-refractivity contribution in [3.63, 3.8) is 0 Å². The summed E-state index contributed by atoms with van der Waals surface area (Å²) in [4.78, 5) is 29.6. The zero-order valence-electron chi connectivity index (χ0n) is 9.67. The fraction of sp³-hybridized carbons (Fsp3) is 0.667. The van der Waals surface area contributed by atoms with Crippen LogP contribution in [-0.4, -0.2) is 61.9 Å². The summed E-state index contributed by atoms with van der Waals surface area (Å²) >= 11 is 0. The number of nitrogens with zero attached hydrogens (tertiary/aromatic N) is 3. The van der Waals surface area contributed by atoms with E-state index in [0.717, 1.165) is 0 Å². The Hall–Kier alpha value is -1.15. The Morgan fingerprint density at radius 2 is 2.11 bits per heavy atom. The third kappa shape index (κ3) is 2.81. The Morgan fingerprint density at radius 1 is 1.44 bits per heavy atom. The Labute approximate surface area is 109 Å². The maximum atomic E-state index is 11.8. The molecule has 9 heteroatoms. The molecule has 1 atom stereocenters. The van der Waals surface area contributed by atoms with Gasteiger partial charge >= 0.3 is 0 Å². The minimum absolute atomic E-state index is 0.104. The van der Waals surface area contributed by atoms with Gasteiger partial charge in [0, 0.05) is 36.6 Å². The van der Waals surface area contributed by atoms with E-state index >= 15 is 0 Å². The lowest BCUT2D eigenvalue weighted by Crippen LogP contribution is -2.41. The molecule has 0 N–H and O–H groups in total. The third-order valence-corrected chi connectivity index (χ3v) is 4.07. The molecule has 1 saturated heterocycles. The summed E-state index contributed by atoms with van der Waals surface area (Å²) in [7, 11) is 3.19. The lowest BCUT2D eigenvalue weighted by molar-refractivity contribution is -0.124. The van der Waals surface area contributed by atoms with Crippen molar-refractivity contribution in [1.29, 1.82) is 0 Å². The highest BCUT2D eigenvalue weighted by molar-refractivity contribution is 8.13. The van der Waals surface area contributed by atoms with Gasteiger partial charge in [0.1, 0.15) is 6.54 Å². The van der Waals surface area contributed by atoms with E-state index in [-0.39, 0.29) is 43.0 Å². The minimum atomic E-state index is -3.63. The van der Waals surface area contributed by atoms with E-state index in [0.29, 0.717) is 5.96 Å². The van der Waals surface area contributed by atoms with Crippen LogP contribution in [0.25, 0.3) is 0 Å². The Balaban J connectivity index is 2.11. The van der Waals surface area contributed by atoms with Gasteiger partial charge in [-0.1, -0.05) is 0 Å². The van der Waals surface area contributed by atoms with Gasteiger partial charge in [-0.25, -0.2) is 8.42 Å². The SMILES string of the molecule is CN1CC(=O)N=C1N1CC(CS(=O)(=O)Cl)CC1=O. The maximum absolute atomic E-state index is 11.8. The number of carbonyl (C=O) groups is 2. The minimum Gasteiger partial charge on any atom is -0.336 e. The van der Waals surface area contributed by atoms with E-state index in [2.05, 4.69) is 4.99 Å². The van der Waals surface area contributed by atoms with Crippen LogP contribution in [0.1, 0.15) is 6.42 Å². The van der Waals surface area contributed by atoms with Gasteiger partial charge in [0.15, 0.2) is 0 Å². The number of aliphatic imine (C=N–C) groups is 1. The van der Waals surface area contributed by atoms with Gasteiger partial charge in [-0.2, -0.15) is 4.99 Å². The first-order valence-corrected chi connectivity index (χ1v) is 7.79. The van der Waals surface area contributed by atoms with Crippen molar-refractivity contribution >= 4 is 37.5 Å². The summed E-state index contributed by atoms with van der Waals surface area (Å²) in [5.74, 6) is -0.859. The van der Waals surface area contributed by atoms with Gasteiger partial charge in [0.2, 0.25) is 20.9 Å². The molecule has 7 nitrogen and oxygen atoms in total. The van der Waals surface area contributed by atoms with E-state index in [1.54, 1.807) is 11.9 Å². The molecule has 0 bridgehead atoms. The van der Waals surface area contributed by atoms with Crippen molar-refractivity contribution < 1.29 is 18.0 Å². The van der Waals surface area contributed by atoms with Gasteiger partial charge in [0.05, 0.1) is 5.75 Å². The zero-order chi connectivity index (χ0) is 13.5. The molecule has 100 valence electrons. The molecule has 2 aliphatic heterocycles. The van der Waals surface area contributed by atoms with Gasteiger partial charge in [-0.15, -0.1) is 0 Å². The van der Waals surface area contributed by atoms with E-state index < -0.39 is 9.05 Å². The Morgan fingerprint density at radius 3 is 2.61 bits per heavy atom. The predicted octanol–water partition coefficient (Wildman–Crippen LogP) is -0.769. The number of halogens is 1. The number of hydrogen-bond donors (Lipinski definition) is 0. The Bertz CT molecular complexity index is 530. The molecule has 18 heavy (non-hydrogen) atoms. The first kappa shape index (κ1) is 13.3. The number of guanidine groups is 1. The predicted molar refractivity (Wildman–Crippen MR) is 64.5 cm³/mol. The molecule has 0 radical (unpaired) electrons. The highest BCUT2D eigenvalue weighted by Crippen LogP contribution is 2.23. The van der Waals surface area contributed by atoms with Crippen LogP contribution in [0.3, 0.4) is 0 Å². The van der Waals surface area contributed by atoms with Crippen LogP contribution in [0.2, 0.25) is 0 Å². The quantitative estimate of drug-likeness (QED) is 0.624. The summed E-state index contributed by atoms with van der Waals surface area (Å²) in [5, 5.41) is 0. The first-order chi connectivity index (χ1) is 8.26. The van der Waals surface area contributed by atoms with E-state index in [4.69, 9.17) is 10.7 Å². The lowest BCUT2D eigenvalue weighted by Gasteiger charge is -2.21. The third-order valence-electron chi connectivity index (χ3n) is 2.82. The van der Waals surface area contributed by atoms with E-state index in [1.807, 2.05) is 0 Å². The summed E-state index contributed by atoms with van der Waals surface area (Å²) in [6.45, 7) is 0.360. The summed E-state index contributed by atoms with van der Waals surface area (Å²) < 4.78 is 22.0. The molecule has 0 spiro atoms. The number of rotatable bonds is 2. The van der Waals surface area contributed by atoms with Crippen molar-refractivity contribution in [3.8, 4) is 0 Å². The molecule has 2 aliphatic rings. The van der Waals surface area contributed by atoms with E-state index in [9.17, 15) is 18.0 Å². The van der Waals surface area contributed by atoms with Crippen LogP contribution in [0.5, 0.6) is 0 Å². The van der Waals surface area contributed by atoms with E-state index in [1.165, 1.54) is 4.90 Å². The molecule has 0 aliphatic carbocycles. The molecular formula is C9H12ClN3O4S. The number of hydrogen-bond acceptors (Lipinski definition) is 5. The standard InChI is InChI=1S/C9H12ClN3O4S/c1-12-4-7(14)11-9(12)13-3-6(2-8(13)15)5-18(10,16)17/h6H,2-5H2,1H3.